The number of rotatable bonds is 8. The lowest BCUT2D eigenvalue weighted by Crippen LogP contribution is -2.35. The fraction of sp³-hybridized carbons (Fsp3) is 0.706. The maximum absolute atomic E-state index is 9.67. The molecule has 2 rings (SSSR count). The Labute approximate surface area is 133 Å². The molecule has 2 heterocycles. The second-order valence-corrected chi connectivity index (χ2v) is 6.28. The zero-order valence-electron chi connectivity index (χ0n) is 13.8. The molecule has 2 N–H and O–H groups in total. The van der Waals surface area contributed by atoms with Gasteiger partial charge in [-0.25, -0.2) is 0 Å². The Bertz CT molecular complexity index is 455. The van der Waals surface area contributed by atoms with Gasteiger partial charge in [0.05, 0.1) is 12.3 Å². The summed E-state index contributed by atoms with van der Waals surface area (Å²) >= 11 is 0. The van der Waals surface area contributed by atoms with Gasteiger partial charge in [0.2, 0.25) is 0 Å². The number of likely N-dealkylation sites (N-methyl/N-ethyl adjacent to an activating group) is 1. The van der Waals surface area contributed by atoms with Gasteiger partial charge in [-0.05, 0) is 37.4 Å². The average Bonchev–Trinajstić information content (AvgIpc) is 2.88. The summed E-state index contributed by atoms with van der Waals surface area (Å²) in [6.07, 6.45) is 0. The van der Waals surface area contributed by atoms with Crippen LogP contribution in [0, 0.1) is 18.8 Å². The van der Waals surface area contributed by atoms with Crippen molar-refractivity contribution in [3.05, 3.63) is 29.6 Å². The van der Waals surface area contributed by atoms with Crippen LogP contribution in [-0.2, 0) is 6.54 Å². The molecular formula is C17H29N3O2. The minimum Gasteiger partial charge on any atom is -0.396 e. The van der Waals surface area contributed by atoms with Crippen LogP contribution in [0.5, 0.6) is 0 Å². The lowest BCUT2D eigenvalue weighted by molar-refractivity contribution is 0.147. The number of pyridine rings is 1. The lowest BCUT2D eigenvalue weighted by Gasteiger charge is -2.25. The Balaban J connectivity index is 1.93. The van der Waals surface area contributed by atoms with E-state index in [9.17, 15) is 5.11 Å². The van der Waals surface area contributed by atoms with E-state index in [1.807, 2.05) is 13.0 Å². The van der Waals surface area contributed by atoms with E-state index in [-0.39, 0.29) is 13.2 Å². The maximum Gasteiger partial charge on any atom is 0.0558 e. The SMILES string of the molecule is CCN(CCO)C[C@H]1CN(Cc2cccc(C)n2)C[C@H]1CO. The number of aliphatic hydroxyl groups is 2. The number of aliphatic hydroxyl groups excluding tert-OH is 2. The highest BCUT2D eigenvalue weighted by Crippen LogP contribution is 2.25. The molecular weight excluding hydrogens is 278 g/mol. The quantitative estimate of drug-likeness (QED) is 0.742. The van der Waals surface area contributed by atoms with Crippen LogP contribution in [0.3, 0.4) is 0 Å². The zero-order chi connectivity index (χ0) is 15.9. The van der Waals surface area contributed by atoms with Crippen LogP contribution in [0.15, 0.2) is 18.2 Å². The summed E-state index contributed by atoms with van der Waals surface area (Å²) in [6, 6.07) is 6.13. The highest BCUT2D eigenvalue weighted by molar-refractivity contribution is 5.10. The lowest BCUT2D eigenvalue weighted by atomic mass is 9.96. The Morgan fingerprint density at radius 1 is 1.27 bits per heavy atom. The minimum absolute atomic E-state index is 0.196. The molecule has 0 bridgehead atoms. The third-order valence-electron chi connectivity index (χ3n) is 4.57. The number of hydrogen-bond donors (Lipinski definition) is 2. The third-order valence-corrected chi connectivity index (χ3v) is 4.57. The largest absolute Gasteiger partial charge is 0.396 e. The smallest absolute Gasteiger partial charge is 0.0558 e. The zero-order valence-corrected chi connectivity index (χ0v) is 13.8. The summed E-state index contributed by atoms with van der Waals surface area (Å²) in [4.78, 5) is 9.23. The van der Waals surface area contributed by atoms with E-state index >= 15 is 0 Å². The molecule has 1 aliphatic heterocycles. The number of likely N-dealkylation sites (tertiary alicyclic amines) is 1. The van der Waals surface area contributed by atoms with E-state index in [4.69, 9.17) is 5.11 Å². The Kier molecular flexibility index (Phi) is 6.76. The summed E-state index contributed by atoms with van der Waals surface area (Å²) in [5.41, 5.74) is 2.15. The molecule has 5 heteroatoms. The molecule has 22 heavy (non-hydrogen) atoms. The van der Waals surface area contributed by atoms with Crippen LogP contribution >= 0.6 is 0 Å². The second kappa shape index (κ2) is 8.58. The van der Waals surface area contributed by atoms with E-state index in [1.165, 1.54) is 0 Å². The molecule has 0 spiro atoms. The first kappa shape index (κ1) is 17.3. The van der Waals surface area contributed by atoms with Gasteiger partial charge in [-0.15, -0.1) is 0 Å². The molecule has 0 aromatic carbocycles. The summed E-state index contributed by atoms with van der Waals surface area (Å²) in [5.74, 6) is 0.777. The van der Waals surface area contributed by atoms with E-state index in [0.717, 1.165) is 44.1 Å². The van der Waals surface area contributed by atoms with Crippen LogP contribution in [0.1, 0.15) is 18.3 Å². The second-order valence-electron chi connectivity index (χ2n) is 6.28. The van der Waals surface area contributed by atoms with E-state index in [0.29, 0.717) is 18.4 Å². The van der Waals surface area contributed by atoms with Crippen molar-refractivity contribution in [1.29, 1.82) is 0 Å². The van der Waals surface area contributed by atoms with Crippen LogP contribution < -0.4 is 0 Å². The van der Waals surface area contributed by atoms with Gasteiger partial charge in [0.1, 0.15) is 0 Å². The van der Waals surface area contributed by atoms with Crippen LogP contribution in [0.25, 0.3) is 0 Å². The molecule has 5 nitrogen and oxygen atoms in total. The van der Waals surface area contributed by atoms with Gasteiger partial charge >= 0.3 is 0 Å². The molecule has 0 unspecified atom stereocenters. The molecule has 2 atom stereocenters. The van der Waals surface area contributed by atoms with Crippen molar-refractivity contribution in [3.8, 4) is 0 Å². The maximum atomic E-state index is 9.67. The van der Waals surface area contributed by atoms with Crippen molar-refractivity contribution >= 4 is 0 Å². The first-order valence-corrected chi connectivity index (χ1v) is 8.25. The third kappa shape index (κ3) is 4.74. The molecule has 124 valence electrons. The van der Waals surface area contributed by atoms with Crippen molar-refractivity contribution < 1.29 is 10.2 Å². The molecule has 1 aromatic heterocycles. The van der Waals surface area contributed by atoms with E-state index in [1.54, 1.807) is 0 Å². The van der Waals surface area contributed by atoms with Gasteiger partial charge in [-0.2, -0.15) is 0 Å². The minimum atomic E-state index is 0.196. The standard InChI is InChI=1S/C17H29N3O2/c1-3-19(7-8-21)9-15-10-20(11-16(15)13-22)12-17-6-4-5-14(2)18-17/h4-6,15-16,21-22H,3,7-13H2,1-2H3/t15-,16-/m0/s1. The fourth-order valence-corrected chi connectivity index (χ4v) is 3.35. The number of hydrogen-bond acceptors (Lipinski definition) is 5. The molecule has 1 fully saturated rings. The van der Waals surface area contributed by atoms with Gasteiger partial charge in [-0.3, -0.25) is 9.88 Å². The fourth-order valence-electron chi connectivity index (χ4n) is 3.35. The molecule has 1 saturated heterocycles. The summed E-state index contributed by atoms with van der Waals surface area (Å²) in [7, 11) is 0. The van der Waals surface area contributed by atoms with Crippen molar-refractivity contribution in [2.75, 3.05) is 45.9 Å². The van der Waals surface area contributed by atoms with Crippen LogP contribution in [0.4, 0.5) is 0 Å². The van der Waals surface area contributed by atoms with Crippen molar-refractivity contribution in [3.63, 3.8) is 0 Å². The highest BCUT2D eigenvalue weighted by Gasteiger charge is 2.33. The number of aromatic nitrogens is 1. The van der Waals surface area contributed by atoms with Crippen LogP contribution in [0.2, 0.25) is 0 Å². The number of nitrogens with zero attached hydrogens (tertiary/aromatic N) is 3. The molecule has 0 radical (unpaired) electrons. The highest BCUT2D eigenvalue weighted by atomic mass is 16.3. The van der Waals surface area contributed by atoms with Gasteiger partial charge < -0.3 is 15.1 Å². The Morgan fingerprint density at radius 3 is 2.68 bits per heavy atom. The first-order valence-electron chi connectivity index (χ1n) is 8.25. The van der Waals surface area contributed by atoms with Gasteiger partial charge in [-0.1, -0.05) is 13.0 Å². The summed E-state index contributed by atoms with van der Waals surface area (Å²) in [6.45, 7) is 9.92. The normalized spacial score (nSPS) is 22.6. The molecule has 1 aromatic rings. The van der Waals surface area contributed by atoms with Gasteiger partial charge in [0, 0.05) is 45.0 Å². The van der Waals surface area contributed by atoms with Gasteiger partial charge in [0.15, 0.2) is 0 Å². The molecule has 0 saturated carbocycles. The Hall–Kier alpha value is -1.01. The number of aryl methyl sites for hydroxylation is 1. The topological polar surface area (TPSA) is 59.8 Å². The Morgan fingerprint density at radius 2 is 2.05 bits per heavy atom. The van der Waals surface area contributed by atoms with Crippen molar-refractivity contribution in [2.45, 2.75) is 20.4 Å². The van der Waals surface area contributed by atoms with E-state index in [2.05, 4.69) is 33.8 Å². The predicted octanol–water partition coefficient (Wildman–Crippen LogP) is 0.745. The van der Waals surface area contributed by atoms with E-state index < -0.39 is 0 Å². The van der Waals surface area contributed by atoms with Crippen molar-refractivity contribution in [2.24, 2.45) is 11.8 Å². The summed E-state index contributed by atoms with van der Waals surface area (Å²) in [5, 5.41) is 18.8. The average molecular weight is 307 g/mol. The van der Waals surface area contributed by atoms with Crippen molar-refractivity contribution in [1.82, 2.24) is 14.8 Å². The van der Waals surface area contributed by atoms with Crippen LogP contribution in [-0.4, -0.2) is 70.9 Å². The summed E-state index contributed by atoms with van der Waals surface area (Å²) < 4.78 is 0. The monoisotopic (exact) mass is 307 g/mol. The molecule has 1 aliphatic rings. The van der Waals surface area contributed by atoms with Gasteiger partial charge in [0.25, 0.3) is 0 Å². The predicted molar refractivity (Wildman–Crippen MR) is 87.5 cm³/mol. The molecule has 0 aliphatic carbocycles. The molecule has 0 amide bonds. The first-order chi connectivity index (χ1) is 10.7.